The summed E-state index contributed by atoms with van der Waals surface area (Å²) < 4.78 is 5.37. The van der Waals surface area contributed by atoms with Crippen LogP contribution in [0.1, 0.15) is 33.6 Å². The molecular weight excluding hydrogens is 216 g/mol. The van der Waals surface area contributed by atoms with Gasteiger partial charge in [0, 0.05) is 19.1 Å². The Bertz CT molecular complexity index is 275. The second-order valence-corrected chi connectivity index (χ2v) is 5.74. The molecule has 4 heteroatoms. The Labute approximate surface area is 104 Å². The van der Waals surface area contributed by atoms with Gasteiger partial charge < -0.3 is 9.64 Å². The first-order chi connectivity index (χ1) is 8.08. The summed E-state index contributed by atoms with van der Waals surface area (Å²) in [5.74, 6) is 1.36. The summed E-state index contributed by atoms with van der Waals surface area (Å²) in [6.45, 7) is 8.91. The molecule has 0 aromatic heterocycles. The van der Waals surface area contributed by atoms with Gasteiger partial charge in [0.15, 0.2) is 0 Å². The van der Waals surface area contributed by atoms with Gasteiger partial charge in [0.2, 0.25) is 5.91 Å². The van der Waals surface area contributed by atoms with Crippen LogP contribution < -0.4 is 5.32 Å². The van der Waals surface area contributed by atoms with Crippen LogP contribution in [0.5, 0.6) is 0 Å². The zero-order valence-corrected chi connectivity index (χ0v) is 11.1. The van der Waals surface area contributed by atoms with Crippen molar-refractivity contribution in [3.05, 3.63) is 0 Å². The molecule has 0 aliphatic carbocycles. The fraction of sp³-hybridized carbons (Fsp3) is 0.923. The second-order valence-electron chi connectivity index (χ2n) is 5.74. The Balaban J connectivity index is 1.91. The fourth-order valence-electron chi connectivity index (χ4n) is 2.74. The number of nitrogens with one attached hydrogen (secondary N) is 1. The van der Waals surface area contributed by atoms with Crippen LogP contribution in [0.4, 0.5) is 0 Å². The molecule has 0 aromatic rings. The van der Waals surface area contributed by atoms with Crippen LogP contribution in [0.2, 0.25) is 0 Å². The molecule has 0 radical (unpaired) electrons. The molecule has 17 heavy (non-hydrogen) atoms. The number of carbonyl (C=O) groups is 1. The molecule has 3 atom stereocenters. The van der Waals surface area contributed by atoms with Gasteiger partial charge in [-0.3, -0.25) is 10.1 Å². The lowest BCUT2D eigenvalue weighted by atomic mass is 10.0. The topological polar surface area (TPSA) is 41.6 Å². The SMILES string of the molecule is CC(C)CC1NC(C)N(CC2CCOC2)C1=O. The molecule has 0 aromatic carbocycles. The van der Waals surface area contributed by atoms with Gasteiger partial charge in [-0.05, 0) is 25.7 Å². The molecule has 2 aliphatic heterocycles. The van der Waals surface area contributed by atoms with Gasteiger partial charge in [0.05, 0.1) is 18.8 Å². The zero-order chi connectivity index (χ0) is 12.4. The van der Waals surface area contributed by atoms with Crippen molar-refractivity contribution in [1.82, 2.24) is 10.2 Å². The molecule has 3 unspecified atom stereocenters. The Morgan fingerprint density at radius 3 is 2.88 bits per heavy atom. The Morgan fingerprint density at radius 2 is 2.29 bits per heavy atom. The molecule has 0 saturated carbocycles. The quantitative estimate of drug-likeness (QED) is 0.803. The third-order valence-electron chi connectivity index (χ3n) is 3.68. The van der Waals surface area contributed by atoms with Crippen LogP contribution in [-0.4, -0.2) is 42.8 Å². The van der Waals surface area contributed by atoms with Gasteiger partial charge in [-0.1, -0.05) is 13.8 Å². The first kappa shape index (κ1) is 12.8. The molecule has 2 saturated heterocycles. The van der Waals surface area contributed by atoms with Crippen LogP contribution in [0, 0.1) is 11.8 Å². The highest BCUT2D eigenvalue weighted by atomic mass is 16.5. The first-order valence-electron chi connectivity index (χ1n) is 6.72. The number of ether oxygens (including phenoxy) is 1. The van der Waals surface area contributed by atoms with Gasteiger partial charge in [0.25, 0.3) is 0 Å². The second kappa shape index (κ2) is 5.36. The van der Waals surface area contributed by atoms with Crippen LogP contribution in [0.3, 0.4) is 0 Å². The van der Waals surface area contributed by atoms with Crippen molar-refractivity contribution in [1.29, 1.82) is 0 Å². The molecule has 2 aliphatic rings. The molecule has 2 rings (SSSR count). The molecule has 98 valence electrons. The highest BCUT2D eigenvalue weighted by Gasteiger charge is 2.37. The maximum Gasteiger partial charge on any atom is 0.241 e. The van der Waals surface area contributed by atoms with E-state index >= 15 is 0 Å². The lowest BCUT2D eigenvalue weighted by molar-refractivity contribution is -0.130. The summed E-state index contributed by atoms with van der Waals surface area (Å²) in [4.78, 5) is 14.3. The van der Waals surface area contributed by atoms with Crippen molar-refractivity contribution >= 4 is 5.91 Å². The zero-order valence-electron chi connectivity index (χ0n) is 11.1. The van der Waals surface area contributed by atoms with Crippen LogP contribution in [0.15, 0.2) is 0 Å². The van der Waals surface area contributed by atoms with Crippen LogP contribution in [0.25, 0.3) is 0 Å². The lowest BCUT2D eigenvalue weighted by Crippen LogP contribution is -2.38. The molecule has 2 heterocycles. The molecule has 1 amide bonds. The van der Waals surface area contributed by atoms with Crippen molar-refractivity contribution in [3.63, 3.8) is 0 Å². The van der Waals surface area contributed by atoms with Crippen LogP contribution in [-0.2, 0) is 9.53 Å². The van der Waals surface area contributed by atoms with E-state index in [9.17, 15) is 4.79 Å². The van der Waals surface area contributed by atoms with E-state index in [0.717, 1.165) is 32.6 Å². The predicted molar refractivity (Wildman–Crippen MR) is 66.5 cm³/mol. The highest BCUT2D eigenvalue weighted by molar-refractivity contribution is 5.84. The van der Waals surface area contributed by atoms with Gasteiger partial charge in [0.1, 0.15) is 0 Å². The number of hydrogen-bond donors (Lipinski definition) is 1. The number of hydrogen-bond acceptors (Lipinski definition) is 3. The minimum atomic E-state index is 0.0207. The standard InChI is InChI=1S/C13H24N2O2/c1-9(2)6-12-13(16)15(10(3)14-12)7-11-4-5-17-8-11/h9-12,14H,4-8H2,1-3H3. The van der Waals surface area contributed by atoms with E-state index in [1.807, 2.05) is 4.90 Å². The first-order valence-corrected chi connectivity index (χ1v) is 6.72. The van der Waals surface area contributed by atoms with Crippen molar-refractivity contribution in [2.75, 3.05) is 19.8 Å². The molecule has 2 fully saturated rings. The predicted octanol–water partition coefficient (Wildman–Crippen LogP) is 1.22. The van der Waals surface area contributed by atoms with E-state index in [0.29, 0.717) is 11.8 Å². The molecular formula is C13H24N2O2. The van der Waals surface area contributed by atoms with E-state index in [1.54, 1.807) is 0 Å². The Kier molecular flexibility index (Phi) is 4.05. The summed E-state index contributed by atoms with van der Waals surface area (Å²) in [5.41, 5.74) is 0. The van der Waals surface area contributed by atoms with E-state index < -0.39 is 0 Å². The monoisotopic (exact) mass is 240 g/mol. The number of amides is 1. The van der Waals surface area contributed by atoms with Crippen molar-refractivity contribution < 1.29 is 9.53 Å². The van der Waals surface area contributed by atoms with Crippen molar-refractivity contribution in [3.8, 4) is 0 Å². The molecule has 1 N–H and O–H groups in total. The minimum absolute atomic E-state index is 0.0207. The maximum atomic E-state index is 12.3. The summed E-state index contributed by atoms with van der Waals surface area (Å²) in [6, 6.07) is 0.0207. The van der Waals surface area contributed by atoms with E-state index in [4.69, 9.17) is 4.74 Å². The van der Waals surface area contributed by atoms with Gasteiger partial charge in [-0.25, -0.2) is 0 Å². The smallest absolute Gasteiger partial charge is 0.241 e. The van der Waals surface area contributed by atoms with Crippen LogP contribution >= 0.6 is 0 Å². The van der Waals surface area contributed by atoms with Gasteiger partial charge in [-0.15, -0.1) is 0 Å². The highest BCUT2D eigenvalue weighted by Crippen LogP contribution is 2.21. The average Bonchev–Trinajstić information content (AvgIpc) is 2.83. The number of carbonyl (C=O) groups excluding carboxylic acids is 1. The number of nitrogens with zero attached hydrogens (tertiary/aromatic N) is 1. The van der Waals surface area contributed by atoms with Gasteiger partial charge >= 0.3 is 0 Å². The molecule has 0 spiro atoms. The molecule has 4 nitrogen and oxygen atoms in total. The third kappa shape index (κ3) is 2.99. The minimum Gasteiger partial charge on any atom is -0.381 e. The van der Waals surface area contributed by atoms with Crippen molar-refractivity contribution in [2.45, 2.75) is 45.8 Å². The molecule has 0 bridgehead atoms. The van der Waals surface area contributed by atoms with E-state index in [-0.39, 0.29) is 18.1 Å². The average molecular weight is 240 g/mol. The summed E-state index contributed by atoms with van der Waals surface area (Å²) in [6.07, 6.45) is 2.19. The van der Waals surface area contributed by atoms with Gasteiger partial charge in [-0.2, -0.15) is 0 Å². The summed E-state index contributed by atoms with van der Waals surface area (Å²) in [5, 5.41) is 3.39. The van der Waals surface area contributed by atoms with E-state index in [1.165, 1.54) is 0 Å². The maximum absolute atomic E-state index is 12.3. The van der Waals surface area contributed by atoms with E-state index in [2.05, 4.69) is 26.1 Å². The number of rotatable bonds is 4. The summed E-state index contributed by atoms with van der Waals surface area (Å²) >= 11 is 0. The third-order valence-corrected chi connectivity index (χ3v) is 3.68. The Hall–Kier alpha value is -0.610. The Morgan fingerprint density at radius 1 is 1.53 bits per heavy atom. The largest absolute Gasteiger partial charge is 0.381 e. The lowest BCUT2D eigenvalue weighted by Gasteiger charge is -2.23. The summed E-state index contributed by atoms with van der Waals surface area (Å²) in [7, 11) is 0. The normalized spacial score (nSPS) is 34.0. The fourth-order valence-corrected chi connectivity index (χ4v) is 2.74. The van der Waals surface area contributed by atoms with Crippen molar-refractivity contribution in [2.24, 2.45) is 11.8 Å².